The molecule has 0 spiro atoms. The zero-order valence-electron chi connectivity index (χ0n) is 24.1. The minimum atomic E-state index is -0.156. The molecular formula is C32H40N6O2. The molecule has 0 bridgehead atoms. The quantitative estimate of drug-likeness (QED) is 0.462. The number of benzene rings is 2. The van der Waals surface area contributed by atoms with Crippen molar-refractivity contribution in [1.82, 2.24) is 20.1 Å². The van der Waals surface area contributed by atoms with Gasteiger partial charge in [0.2, 0.25) is 5.91 Å². The summed E-state index contributed by atoms with van der Waals surface area (Å²) in [5, 5.41) is 5.62. The monoisotopic (exact) mass is 540 g/mol. The Balaban J connectivity index is 1.49. The van der Waals surface area contributed by atoms with Crippen LogP contribution in [0.2, 0.25) is 0 Å². The highest BCUT2D eigenvalue weighted by atomic mass is 16.2. The fraction of sp³-hybridized carbons (Fsp3) is 0.406. The van der Waals surface area contributed by atoms with Gasteiger partial charge in [0.25, 0.3) is 5.91 Å². The number of likely N-dealkylation sites (N-methyl/N-ethyl adjacent to an activating group) is 1. The van der Waals surface area contributed by atoms with E-state index in [1.54, 1.807) is 0 Å². The second kappa shape index (κ2) is 11.7. The Bertz CT molecular complexity index is 1420. The lowest BCUT2D eigenvalue weighted by Crippen LogP contribution is -2.49. The van der Waals surface area contributed by atoms with Crippen LogP contribution in [0.25, 0.3) is 10.8 Å². The van der Waals surface area contributed by atoms with E-state index in [4.69, 9.17) is 4.98 Å². The van der Waals surface area contributed by atoms with Crippen molar-refractivity contribution >= 4 is 34.0 Å². The number of amides is 2. The van der Waals surface area contributed by atoms with Crippen molar-refractivity contribution in [2.75, 3.05) is 63.2 Å². The highest BCUT2D eigenvalue weighted by Crippen LogP contribution is 2.35. The summed E-state index contributed by atoms with van der Waals surface area (Å²) in [6.07, 6.45) is 2.22. The Labute approximate surface area is 237 Å². The van der Waals surface area contributed by atoms with Gasteiger partial charge < -0.3 is 24.9 Å². The summed E-state index contributed by atoms with van der Waals surface area (Å²) >= 11 is 0. The maximum Gasteiger partial charge on any atom is 0.270 e. The minimum absolute atomic E-state index is 0.00704. The average molecular weight is 541 g/mol. The molecule has 2 aliphatic heterocycles. The molecule has 1 atom stereocenters. The fourth-order valence-electron chi connectivity index (χ4n) is 6.08. The lowest BCUT2D eigenvalue weighted by Gasteiger charge is -2.39. The number of piperazine rings is 1. The zero-order valence-corrected chi connectivity index (χ0v) is 24.1. The summed E-state index contributed by atoms with van der Waals surface area (Å²) in [4.78, 5) is 39.2. The lowest BCUT2D eigenvalue weighted by molar-refractivity contribution is -0.126. The first-order chi connectivity index (χ1) is 19.2. The number of aromatic nitrogens is 1. The molecule has 5 rings (SSSR count). The third-order valence-electron chi connectivity index (χ3n) is 7.95. The standard InChI is InChI=1S/C32H40N6O2/c1-6-30(39)37-17-15-36(16-18-37)29-19-26(32(40)33-23(3)20-35(4)5)34-27-21-38(14-13-25(27)29)28-12-8-11-24-10-7-9-22(2)31(24)28/h6-12,19,23H,1,13-18,20-21H2,2-5H3,(H,33,40). The molecule has 1 aromatic heterocycles. The van der Waals surface area contributed by atoms with Crippen molar-refractivity contribution in [3.8, 4) is 0 Å². The largest absolute Gasteiger partial charge is 0.368 e. The highest BCUT2D eigenvalue weighted by Gasteiger charge is 2.29. The van der Waals surface area contributed by atoms with Crippen molar-refractivity contribution in [2.24, 2.45) is 0 Å². The van der Waals surface area contributed by atoms with Crippen molar-refractivity contribution in [3.05, 3.63) is 77.6 Å². The number of carbonyl (C=O) groups is 2. The number of hydrogen-bond donors (Lipinski definition) is 1. The summed E-state index contributed by atoms with van der Waals surface area (Å²) in [5.74, 6) is -0.190. The molecule has 2 aliphatic rings. The van der Waals surface area contributed by atoms with Gasteiger partial charge in [-0.1, -0.05) is 36.9 Å². The van der Waals surface area contributed by atoms with E-state index in [2.05, 4.69) is 69.9 Å². The van der Waals surface area contributed by atoms with Crippen molar-refractivity contribution < 1.29 is 9.59 Å². The summed E-state index contributed by atoms with van der Waals surface area (Å²) in [6, 6.07) is 14.8. The van der Waals surface area contributed by atoms with Crippen LogP contribution in [0.5, 0.6) is 0 Å². The van der Waals surface area contributed by atoms with E-state index < -0.39 is 0 Å². The summed E-state index contributed by atoms with van der Waals surface area (Å²) in [7, 11) is 4.00. The van der Waals surface area contributed by atoms with Gasteiger partial charge in [0.15, 0.2) is 0 Å². The number of anilines is 2. The molecule has 0 radical (unpaired) electrons. The SMILES string of the molecule is C=CC(=O)N1CCN(c2cc(C(=O)NC(C)CN(C)C)nc3c2CCN(c2cccc4cccc(C)c24)C3)CC1. The Hall–Kier alpha value is -3.91. The van der Waals surface area contributed by atoms with Gasteiger partial charge in [-0.3, -0.25) is 9.59 Å². The second-order valence-corrected chi connectivity index (χ2v) is 11.2. The Morgan fingerprint density at radius 3 is 2.48 bits per heavy atom. The molecule has 40 heavy (non-hydrogen) atoms. The molecule has 1 saturated heterocycles. The highest BCUT2D eigenvalue weighted by molar-refractivity contribution is 5.97. The van der Waals surface area contributed by atoms with Crippen LogP contribution in [0, 0.1) is 6.92 Å². The summed E-state index contributed by atoms with van der Waals surface area (Å²) < 4.78 is 0. The summed E-state index contributed by atoms with van der Waals surface area (Å²) in [5.41, 5.74) is 6.12. The molecular weight excluding hydrogens is 500 g/mol. The van der Waals surface area contributed by atoms with Crippen LogP contribution in [-0.4, -0.2) is 86.0 Å². The zero-order chi connectivity index (χ0) is 28.4. The molecule has 210 valence electrons. The van der Waals surface area contributed by atoms with Gasteiger partial charge >= 0.3 is 0 Å². The van der Waals surface area contributed by atoms with Crippen LogP contribution in [0.3, 0.4) is 0 Å². The third-order valence-corrected chi connectivity index (χ3v) is 7.95. The van der Waals surface area contributed by atoms with Crippen molar-refractivity contribution in [1.29, 1.82) is 0 Å². The normalized spacial score (nSPS) is 16.2. The number of rotatable bonds is 7. The van der Waals surface area contributed by atoms with Crippen molar-refractivity contribution in [3.63, 3.8) is 0 Å². The molecule has 2 amide bonds. The van der Waals surface area contributed by atoms with Gasteiger partial charge in [0.1, 0.15) is 5.69 Å². The van der Waals surface area contributed by atoms with Gasteiger partial charge in [-0.2, -0.15) is 0 Å². The first-order valence-electron chi connectivity index (χ1n) is 14.1. The molecule has 8 nitrogen and oxygen atoms in total. The fourth-order valence-corrected chi connectivity index (χ4v) is 6.08. The van der Waals surface area contributed by atoms with Crippen LogP contribution in [0.15, 0.2) is 55.1 Å². The molecule has 2 aromatic carbocycles. The van der Waals surface area contributed by atoms with Gasteiger partial charge in [0.05, 0.1) is 12.2 Å². The predicted molar refractivity (Wildman–Crippen MR) is 162 cm³/mol. The van der Waals surface area contributed by atoms with E-state index in [-0.39, 0.29) is 17.9 Å². The topological polar surface area (TPSA) is 72.0 Å². The number of nitrogens with zero attached hydrogens (tertiary/aromatic N) is 5. The number of pyridine rings is 1. The van der Waals surface area contributed by atoms with Crippen LogP contribution in [0.4, 0.5) is 11.4 Å². The first kappa shape index (κ1) is 27.6. The number of hydrogen-bond acceptors (Lipinski definition) is 6. The van der Waals surface area contributed by atoms with Crippen LogP contribution >= 0.6 is 0 Å². The smallest absolute Gasteiger partial charge is 0.270 e. The molecule has 1 N–H and O–H groups in total. The molecule has 1 unspecified atom stereocenters. The maximum absolute atomic E-state index is 13.4. The van der Waals surface area contributed by atoms with Crippen LogP contribution in [-0.2, 0) is 17.8 Å². The molecule has 3 aromatic rings. The van der Waals surface area contributed by atoms with E-state index >= 15 is 0 Å². The second-order valence-electron chi connectivity index (χ2n) is 11.2. The van der Waals surface area contributed by atoms with Gasteiger partial charge in [-0.15, -0.1) is 0 Å². The summed E-state index contributed by atoms with van der Waals surface area (Å²) in [6.45, 7) is 12.7. The van der Waals surface area contributed by atoms with Gasteiger partial charge in [-0.25, -0.2) is 4.98 Å². The molecule has 0 saturated carbocycles. The average Bonchev–Trinajstić information content (AvgIpc) is 2.95. The minimum Gasteiger partial charge on any atom is -0.368 e. The first-order valence-corrected chi connectivity index (χ1v) is 14.1. The van der Waals surface area contributed by atoms with E-state index in [1.165, 1.54) is 33.7 Å². The van der Waals surface area contributed by atoms with Gasteiger partial charge in [-0.05, 0) is 63.5 Å². The lowest BCUT2D eigenvalue weighted by atomic mass is 9.97. The molecule has 1 fully saturated rings. The third kappa shape index (κ3) is 5.68. The van der Waals surface area contributed by atoms with Crippen LogP contribution < -0.4 is 15.1 Å². The predicted octanol–water partition coefficient (Wildman–Crippen LogP) is 3.62. The maximum atomic E-state index is 13.4. The molecule has 0 aliphatic carbocycles. The number of aryl methyl sites for hydroxylation is 1. The number of fused-ring (bicyclic) bond motifs is 2. The molecule has 8 heteroatoms. The van der Waals surface area contributed by atoms with Gasteiger partial charge in [0, 0.05) is 67.6 Å². The number of nitrogens with one attached hydrogen (secondary N) is 1. The molecule has 3 heterocycles. The van der Waals surface area contributed by atoms with E-state index in [0.29, 0.717) is 38.4 Å². The number of carbonyl (C=O) groups excluding carboxylic acids is 2. The Morgan fingerprint density at radius 1 is 1.05 bits per heavy atom. The van der Waals surface area contributed by atoms with Crippen LogP contribution in [0.1, 0.15) is 34.2 Å². The Morgan fingerprint density at radius 2 is 1.77 bits per heavy atom. The Kier molecular flexibility index (Phi) is 8.07. The van der Waals surface area contributed by atoms with E-state index in [9.17, 15) is 9.59 Å². The van der Waals surface area contributed by atoms with E-state index in [0.717, 1.165) is 30.9 Å². The van der Waals surface area contributed by atoms with Crippen molar-refractivity contribution in [2.45, 2.75) is 32.9 Å². The van der Waals surface area contributed by atoms with E-state index in [1.807, 2.05) is 32.0 Å².